The summed E-state index contributed by atoms with van der Waals surface area (Å²) < 4.78 is 41.8. The number of nitrogens with one attached hydrogen (secondary N) is 1. The Morgan fingerprint density at radius 1 is 1.25 bits per heavy atom. The molecule has 1 N–H and O–H groups in total. The van der Waals surface area contributed by atoms with Crippen LogP contribution in [0.4, 0.5) is 13.2 Å². The number of ether oxygens (including phenoxy) is 1. The van der Waals surface area contributed by atoms with Crippen molar-refractivity contribution in [3.63, 3.8) is 0 Å². The van der Waals surface area contributed by atoms with Crippen LogP contribution < -0.4 is 5.32 Å². The second kappa shape index (κ2) is 6.74. The average molecular weight is 289 g/mol. The zero-order valence-corrected chi connectivity index (χ0v) is 11.7. The highest BCUT2D eigenvalue weighted by Gasteiger charge is 2.31. The van der Waals surface area contributed by atoms with Crippen molar-refractivity contribution >= 4 is 5.97 Å². The molecule has 0 aliphatic carbocycles. The van der Waals surface area contributed by atoms with E-state index in [1.54, 1.807) is 19.1 Å². The molecule has 0 heterocycles. The van der Waals surface area contributed by atoms with Crippen molar-refractivity contribution in [2.45, 2.75) is 33.0 Å². The topological polar surface area (TPSA) is 38.3 Å². The van der Waals surface area contributed by atoms with Gasteiger partial charge in [0.05, 0.1) is 13.2 Å². The monoisotopic (exact) mass is 289 g/mol. The number of carbonyl (C=O) groups is 1. The lowest BCUT2D eigenvalue weighted by Gasteiger charge is -2.19. The summed E-state index contributed by atoms with van der Waals surface area (Å²) in [4.78, 5) is 11.8. The number of halogens is 3. The smallest absolute Gasteiger partial charge is 0.401 e. The van der Waals surface area contributed by atoms with Gasteiger partial charge in [-0.2, -0.15) is 13.2 Å². The molecule has 1 aromatic carbocycles. The Balaban J connectivity index is 2.99. The van der Waals surface area contributed by atoms with Gasteiger partial charge in [0.25, 0.3) is 0 Å². The summed E-state index contributed by atoms with van der Waals surface area (Å²) in [5.41, 5.74) is 2.23. The van der Waals surface area contributed by atoms with Crippen LogP contribution in [0.1, 0.15) is 29.7 Å². The van der Waals surface area contributed by atoms with E-state index >= 15 is 0 Å². The van der Waals surface area contributed by atoms with Crippen LogP contribution in [0.5, 0.6) is 0 Å². The van der Waals surface area contributed by atoms with Crippen molar-refractivity contribution in [3.05, 3.63) is 34.9 Å². The highest BCUT2D eigenvalue weighted by Crippen LogP contribution is 2.21. The van der Waals surface area contributed by atoms with Crippen molar-refractivity contribution < 1.29 is 22.7 Å². The second-order valence-electron chi connectivity index (χ2n) is 4.60. The van der Waals surface area contributed by atoms with E-state index in [-0.39, 0.29) is 6.61 Å². The molecule has 1 aromatic rings. The summed E-state index contributed by atoms with van der Waals surface area (Å²) in [6, 6.07) is 4.13. The molecule has 0 aliphatic heterocycles. The fraction of sp³-hybridized carbons (Fsp3) is 0.500. The number of carbonyl (C=O) groups excluding carboxylic acids is 1. The minimum absolute atomic E-state index is 0.119. The highest BCUT2D eigenvalue weighted by molar-refractivity contribution is 5.77. The minimum Gasteiger partial charge on any atom is -0.465 e. The van der Waals surface area contributed by atoms with E-state index in [0.717, 1.165) is 11.1 Å². The van der Waals surface area contributed by atoms with E-state index in [0.29, 0.717) is 5.56 Å². The van der Waals surface area contributed by atoms with E-state index in [1.807, 2.05) is 19.9 Å². The van der Waals surface area contributed by atoms with Crippen LogP contribution >= 0.6 is 0 Å². The molecule has 3 nitrogen and oxygen atoms in total. The first-order chi connectivity index (χ1) is 9.23. The Kier molecular flexibility index (Phi) is 5.56. The highest BCUT2D eigenvalue weighted by atomic mass is 19.4. The lowest BCUT2D eigenvalue weighted by Crippen LogP contribution is -2.37. The van der Waals surface area contributed by atoms with Gasteiger partial charge in [-0.25, -0.2) is 4.79 Å². The zero-order chi connectivity index (χ0) is 15.3. The van der Waals surface area contributed by atoms with Gasteiger partial charge in [0.2, 0.25) is 0 Å². The van der Waals surface area contributed by atoms with Gasteiger partial charge >= 0.3 is 12.1 Å². The summed E-state index contributed by atoms with van der Waals surface area (Å²) in [5.74, 6) is -0.707. The molecule has 0 spiro atoms. The predicted molar refractivity (Wildman–Crippen MR) is 69.3 cm³/mol. The molecule has 0 aliphatic rings. The molecule has 20 heavy (non-hydrogen) atoms. The molecule has 112 valence electrons. The molecular weight excluding hydrogens is 271 g/mol. The maximum atomic E-state index is 12.3. The van der Waals surface area contributed by atoms with Crippen molar-refractivity contribution in [1.82, 2.24) is 5.32 Å². The third-order valence-corrected chi connectivity index (χ3v) is 2.61. The van der Waals surface area contributed by atoms with Crippen LogP contribution in [-0.4, -0.2) is 25.3 Å². The number of rotatable bonds is 5. The third-order valence-electron chi connectivity index (χ3n) is 2.61. The number of esters is 1. The molecule has 0 aromatic heterocycles. The Morgan fingerprint density at radius 2 is 1.80 bits per heavy atom. The van der Waals surface area contributed by atoms with Crippen LogP contribution in [0, 0.1) is 13.8 Å². The van der Waals surface area contributed by atoms with Gasteiger partial charge in [-0.3, -0.25) is 5.32 Å². The number of alkyl halides is 3. The van der Waals surface area contributed by atoms with Crippen LogP contribution in [0.25, 0.3) is 0 Å². The van der Waals surface area contributed by atoms with Gasteiger partial charge < -0.3 is 4.74 Å². The normalized spacial score (nSPS) is 13.1. The first-order valence-electron chi connectivity index (χ1n) is 6.28. The Morgan fingerprint density at radius 3 is 2.25 bits per heavy atom. The number of benzene rings is 1. The molecule has 0 amide bonds. The molecule has 0 saturated carbocycles. The molecule has 6 heteroatoms. The number of hydrogen-bond donors (Lipinski definition) is 1. The summed E-state index contributed by atoms with van der Waals surface area (Å²) in [6.07, 6.45) is -4.39. The Labute approximate surface area is 116 Å². The number of hydrogen-bond acceptors (Lipinski definition) is 3. The van der Waals surface area contributed by atoms with Gasteiger partial charge in [-0.1, -0.05) is 29.3 Å². The SMILES string of the molecule is CCOC(=O)C(NCC(F)(F)F)c1cc(C)cc(C)c1. The van der Waals surface area contributed by atoms with Gasteiger partial charge in [0.15, 0.2) is 0 Å². The van der Waals surface area contributed by atoms with Crippen LogP contribution in [0.15, 0.2) is 18.2 Å². The molecule has 0 bridgehead atoms. The fourth-order valence-electron chi connectivity index (χ4n) is 1.96. The molecule has 1 atom stereocenters. The van der Waals surface area contributed by atoms with E-state index in [1.165, 1.54) is 0 Å². The quantitative estimate of drug-likeness (QED) is 0.847. The summed E-state index contributed by atoms with van der Waals surface area (Å²) in [5, 5.41) is 2.22. The van der Waals surface area contributed by atoms with Gasteiger partial charge in [-0.15, -0.1) is 0 Å². The van der Waals surface area contributed by atoms with Crippen molar-refractivity contribution in [1.29, 1.82) is 0 Å². The summed E-state index contributed by atoms with van der Waals surface area (Å²) in [7, 11) is 0. The molecular formula is C14H18F3NO2. The third kappa shape index (κ3) is 5.21. The molecule has 1 unspecified atom stereocenters. The Hall–Kier alpha value is -1.56. The Bertz CT molecular complexity index is 452. The predicted octanol–water partition coefficient (Wildman–Crippen LogP) is 3.06. The summed E-state index contributed by atoms with van der Waals surface area (Å²) >= 11 is 0. The second-order valence-corrected chi connectivity index (χ2v) is 4.60. The first-order valence-corrected chi connectivity index (χ1v) is 6.28. The first kappa shape index (κ1) is 16.5. The van der Waals surface area contributed by atoms with Crippen molar-refractivity contribution in [2.24, 2.45) is 0 Å². The van der Waals surface area contributed by atoms with E-state index in [4.69, 9.17) is 4.74 Å². The molecule has 1 rings (SSSR count). The zero-order valence-electron chi connectivity index (χ0n) is 11.7. The van der Waals surface area contributed by atoms with Gasteiger partial charge in [-0.05, 0) is 26.3 Å². The maximum absolute atomic E-state index is 12.3. The standard InChI is InChI=1S/C14H18F3NO2/c1-4-20-13(19)12(18-8-14(15,16)17)11-6-9(2)5-10(3)7-11/h5-7,12,18H,4,8H2,1-3H3. The van der Waals surface area contributed by atoms with Crippen molar-refractivity contribution in [2.75, 3.05) is 13.2 Å². The lowest BCUT2D eigenvalue weighted by molar-refractivity contribution is -0.149. The number of aryl methyl sites for hydroxylation is 2. The van der Waals surface area contributed by atoms with Gasteiger partial charge in [0, 0.05) is 0 Å². The molecule has 0 radical (unpaired) electrons. The van der Waals surface area contributed by atoms with E-state index in [9.17, 15) is 18.0 Å². The van der Waals surface area contributed by atoms with Crippen LogP contribution in [-0.2, 0) is 9.53 Å². The largest absolute Gasteiger partial charge is 0.465 e. The molecule has 0 fully saturated rings. The minimum atomic E-state index is -4.39. The summed E-state index contributed by atoms with van der Waals surface area (Å²) in [6.45, 7) is 4.13. The van der Waals surface area contributed by atoms with Crippen molar-refractivity contribution in [3.8, 4) is 0 Å². The average Bonchev–Trinajstić information content (AvgIpc) is 2.26. The fourth-order valence-corrected chi connectivity index (χ4v) is 1.96. The van der Waals surface area contributed by atoms with E-state index < -0.39 is 24.7 Å². The molecule has 0 saturated heterocycles. The maximum Gasteiger partial charge on any atom is 0.401 e. The van der Waals surface area contributed by atoms with Crippen LogP contribution in [0.2, 0.25) is 0 Å². The van der Waals surface area contributed by atoms with Gasteiger partial charge in [0.1, 0.15) is 6.04 Å². The van der Waals surface area contributed by atoms with Crippen LogP contribution in [0.3, 0.4) is 0 Å². The van der Waals surface area contributed by atoms with E-state index in [2.05, 4.69) is 5.32 Å². The lowest BCUT2D eigenvalue weighted by atomic mass is 10.0.